The summed E-state index contributed by atoms with van der Waals surface area (Å²) in [7, 11) is 1.90. The molecule has 4 heteroatoms. The molecule has 0 aliphatic carbocycles. The average Bonchev–Trinajstić information content (AvgIpc) is 2.37. The Morgan fingerprint density at radius 2 is 2.05 bits per heavy atom. The maximum atomic E-state index is 13.8. The van der Waals surface area contributed by atoms with Gasteiger partial charge in [-0.3, -0.25) is 0 Å². The molecule has 1 N–H and O–H groups in total. The van der Waals surface area contributed by atoms with E-state index in [9.17, 15) is 9.50 Å². The molecule has 19 heavy (non-hydrogen) atoms. The first-order valence-corrected chi connectivity index (χ1v) is 6.73. The highest BCUT2D eigenvalue weighted by Crippen LogP contribution is 2.24. The lowest BCUT2D eigenvalue weighted by Crippen LogP contribution is -2.30. The number of aliphatic hydroxyl groups excluding tert-OH is 1. The Morgan fingerprint density at radius 1 is 1.37 bits per heavy atom. The second-order valence-electron chi connectivity index (χ2n) is 5.11. The Morgan fingerprint density at radius 3 is 2.53 bits per heavy atom. The van der Waals surface area contributed by atoms with Crippen LogP contribution in [0, 0.1) is 17.7 Å². The molecule has 0 aliphatic rings. The zero-order valence-electron chi connectivity index (χ0n) is 12.2. The highest BCUT2D eigenvalue weighted by molar-refractivity contribution is 5.49. The van der Waals surface area contributed by atoms with Crippen LogP contribution in [0.15, 0.2) is 18.2 Å². The molecule has 0 amide bonds. The summed E-state index contributed by atoms with van der Waals surface area (Å²) < 4.78 is 19.0. The molecule has 1 rings (SSSR count). The van der Waals surface area contributed by atoms with Crippen molar-refractivity contribution in [2.75, 3.05) is 31.7 Å². The van der Waals surface area contributed by atoms with Crippen molar-refractivity contribution in [2.24, 2.45) is 11.8 Å². The van der Waals surface area contributed by atoms with Gasteiger partial charge in [-0.15, -0.1) is 0 Å². The second kappa shape index (κ2) is 7.34. The molecule has 0 aliphatic heterocycles. The van der Waals surface area contributed by atoms with E-state index >= 15 is 0 Å². The van der Waals surface area contributed by atoms with Crippen molar-refractivity contribution in [3.63, 3.8) is 0 Å². The molecule has 108 valence electrons. The number of hydrogen-bond donors (Lipinski definition) is 1. The third-order valence-corrected chi connectivity index (χ3v) is 3.34. The van der Waals surface area contributed by atoms with Gasteiger partial charge in [-0.25, -0.2) is 4.39 Å². The van der Waals surface area contributed by atoms with E-state index in [0.29, 0.717) is 19.1 Å². The molecule has 0 heterocycles. The molecule has 1 atom stereocenters. The van der Waals surface area contributed by atoms with Crippen LogP contribution in [0.5, 0.6) is 5.75 Å². The number of halogens is 1. The molecule has 0 saturated carbocycles. The van der Waals surface area contributed by atoms with Crippen molar-refractivity contribution < 1.29 is 14.2 Å². The predicted octanol–water partition coefficient (Wildman–Crippen LogP) is 2.93. The predicted molar refractivity (Wildman–Crippen MR) is 76.3 cm³/mol. The van der Waals surface area contributed by atoms with E-state index in [-0.39, 0.29) is 24.1 Å². The molecule has 0 bridgehead atoms. The maximum Gasteiger partial charge on any atom is 0.167 e. The van der Waals surface area contributed by atoms with Gasteiger partial charge in [0.2, 0.25) is 0 Å². The summed E-state index contributed by atoms with van der Waals surface area (Å²) in [6, 6.07) is 4.95. The van der Waals surface area contributed by atoms with E-state index < -0.39 is 0 Å². The van der Waals surface area contributed by atoms with E-state index in [1.807, 2.05) is 24.9 Å². The van der Waals surface area contributed by atoms with Gasteiger partial charge in [-0.2, -0.15) is 0 Å². The summed E-state index contributed by atoms with van der Waals surface area (Å²) in [6.45, 7) is 7.27. The van der Waals surface area contributed by atoms with Gasteiger partial charge in [0.25, 0.3) is 0 Å². The molecular formula is C15H24FNO2. The molecule has 3 nitrogen and oxygen atoms in total. The first-order valence-electron chi connectivity index (χ1n) is 6.73. The first kappa shape index (κ1) is 15.8. The van der Waals surface area contributed by atoms with Crippen LogP contribution < -0.4 is 9.64 Å². The van der Waals surface area contributed by atoms with Gasteiger partial charge in [-0.05, 0) is 25.0 Å². The van der Waals surface area contributed by atoms with E-state index in [4.69, 9.17) is 4.74 Å². The molecule has 0 aromatic heterocycles. The van der Waals surface area contributed by atoms with Crippen molar-refractivity contribution >= 4 is 5.69 Å². The molecule has 1 unspecified atom stereocenters. The fourth-order valence-electron chi connectivity index (χ4n) is 1.94. The number of rotatable bonds is 7. The van der Waals surface area contributed by atoms with Gasteiger partial charge in [-0.1, -0.05) is 13.8 Å². The number of ether oxygens (including phenoxy) is 1. The summed E-state index contributed by atoms with van der Waals surface area (Å²) in [4.78, 5) is 1.96. The lowest BCUT2D eigenvalue weighted by molar-refractivity contribution is 0.193. The lowest BCUT2D eigenvalue weighted by atomic mass is 9.96. The van der Waals surface area contributed by atoms with Crippen LogP contribution in [-0.4, -0.2) is 31.9 Å². The quantitative estimate of drug-likeness (QED) is 0.826. The van der Waals surface area contributed by atoms with Crippen molar-refractivity contribution in [3.05, 3.63) is 24.0 Å². The van der Waals surface area contributed by atoms with Crippen LogP contribution in [0.25, 0.3) is 0 Å². The molecule has 0 saturated heterocycles. The number of hydrogen-bond acceptors (Lipinski definition) is 3. The minimum Gasteiger partial charge on any atom is -0.491 e. The normalized spacial score (nSPS) is 12.6. The third-order valence-electron chi connectivity index (χ3n) is 3.34. The standard InChI is InChI=1S/C15H24FNO2/c1-5-19-15-7-6-13(8-14(15)16)17(4)9-12(10-18)11(2)3/h6-8,11-12,18H,5,9-10H2,1-4H3. The summed E-state index contributed by atoms with van der Waals surface area (Å²) in [5, 5.41) is 9.34. The Balaban J connectivity index is 2.77. The van der Waals surface area contributed by atoms with Gasteiger partial charge in [0.15, 0.2) is 11.6 Å². The lowest BCUT2D eigenvalue weighted by Gasteiger charge is -2.27. The van der Waals surface area contributed by atoms with Crippen molar-refractivity contribution in [1.82, 2.24) is 0 Å². The van der Waals surface area contributed by atoms with E-state index in [2.05, 4.69) is 13.8 Å². The van der Waals surface area contributed by atoms with Crippen LogP contribution in [0.2, 0.25) is 0 Å². The van der Waals surface area contributed by atoms with Gasteiger partial charge < -0.3 is 14.7 Å². The van der Waals surface area contributed by atoms with Crippen LogP contribution in [0.4, 0.5) is 10.1 Å². The summed E-state index contributed by atoms with van der Waals surface area (Å²) in [5.41, 5.74) is 0.792. The monoisotopic (exact) mass is 269 g/mol. The number of aliphatic hydroxyl groups is 1. The Kier molecular flexibility index (Phi) is 6.09. The smallest absolute Gasteiger partial charge is 0.167 e. The number of nitrogens with zero attached hydrogens (tertiary/aromatic N) is 1. The van der Waals surface area contributed by atoms with Gasteiger partial charge in [0.1, 0.15) is 0 Å². The fourth-order valence-corrected chi connectivity index (χ4v) is 1.94. The van der Waals surface area contributed by atoms with Crippen LogP contribution in [-0.2, 0) is 0 Å². The van der Waals surface area contributed by atoms with Crippen LogP contribution >= 0.6 is 0 Å². The van der Waals surface area contributed by atoms with Gasteiger partial charge in [0, 0.05) is 37.9 Å². The summed E-state index contributed by atoms with van der Waals surface area (Å²) in [6.07, 6.45) is 0. The highest BCUT2D eigenvalue weighted by atomic mass is 19.1. The van der Waals surface area contributed by atoms with Crippen LogP contribution in [0.3, 0.4) is 0 Å². The zero-order chi connectivity index (χ0) is 14.4. The minimum atomic E-state index is -0.351. The Bertz CT molecular complexity index is 396. The second-order valence-corrected chi connectivity index (χ2v) is 5.11. The van der Waals surface area contributed by atoms with E-state index in [1.54, 1.807) is 6.07 Å². The van der Waals surface area contributed by atoms with Gasteiger partial charge in [0.05, 0.1) is 6.61 Å². The molecular weight excluding hydrogens is 245 g/mol. The summed E-state index contributed by atoms with van der Waals surface area (Å²) in [5.74, 6) is 0.498. The first-order chi connectivity index (χ1) is 8.99. The van der Waals surface area contributed by atoms with Crippen molar-refractivity contribution in [3.8, 4) is 5.75 Å². The molecule has 0 spiro atoms. The van der Waals surface area contributed by atoms with E-state index in [1.165, 1.54) is 6.07 Å². The molecule has 0 radical (unpaired) electrons. The van der Waals surface area contributed by atoms with Crippen LogP contribution in [0.1, 0.15) is 20.8 Å². The summed E-state index contributed by atoms with van der Waals surface area (Å²) >= 11 is 0. The third kappa shape index (κ3) is 4.39. The Hall–Kier alpha value is -1.29. The van der Waals surface area contributed by atoms with Crippen molar-refractivity contribution in [1.29, 1.82) is 0 Å². The topological polar surface area (TPSA) is 32.7 Å². The number of benzene rings is 1. The average molecular weight is 269 g/mol. The molecule has 0 fully saturated rings. The molecule has 1 aromatic carbocycles. The maximum absolute atomic E-state index is 13.8. The Labute approximate surface area is 115 Å². The fraction of sp³-hybridized carbons (Fsp3) is 0.600. The molecule has 1 aromatic rings. The number of anilines is 1. The van der Waals surface area contributed by atoms with Gasteiger partial charge >= 0.3 is 0 Å². The minimum absolute atomic E-state index is 0.140. The zero-order valence-corrected chi connectivity index (χ0v) is 12.2. The SMILES string of the molecule is CCOc1ccc(N(C)CC(CO)C(C)C)cc1F. The van der Waals surface area contributed by atoms with Crippen molar-refractivity contribution in [2.45, 2.75) is 20.8 Å². The largest absolute Gasteiger partial charge is 0.491 e. The van der Waals surface area contributed by atoms with E-state index in [0.717, 1.165) is 5.69 Å². The highest BCUT2D eigenvalue weighted by Gasteiger charge is 2.16.